The maximum absolute atomic E-state index is 13.9. The molecule has 0 N–H and O–H groups in total. The third kappa shape index (κ3) is 4.67. The Morgan fingerprint density at radius 3 is 2.25 bits per heavy atom. The van der Waals surface area contributed by atoms with Crippen LogP contribution in [-0.2, 0) is 26.1 Å². The van der Waals surface area contributed by atoms with Gasteiger partial charge in [0.05, 0.1) is 35.9 Å². The van der Waals surface area contributed by atoms with Crippen molar-refractivity contribution < 1.29 is 23.9 Å². The molecule has 1 amide bonds. The van der Waals surface area contributed by atoms with E-state index in [1.54, 1.807) is 35.9 Å². The predicted molar refractivity (Wildman–Crippen MR) is 145 cm³/mol. The third-order valence-electron chi connectivity index (χ3n) is 6.60. The van der Waals surface area contributed by atoms with Gasteiger partial charge in [-0.15, -0.1) is 0 Å². The summed E-state index contributed by atoms with van der Waals surface area (Å²) in [6, 6.07) is 12.7. The van der Waals surface area contributed by atoms with Crippen molar-refractivity contribution in [3.05, 3.63) is 53.6 Å². The average Bonchev–Trinajstić information content (AvgIpc) is 3.11. The molecule has 192 valence electrons. The van der Waals surface area contributed by atoms with Crippen molar-refractivity contribution in [2.24, 2.45) is 5.92 Å². The van der Waals surface area contributed by atoms with Crippen LogP contribution in [0, 0.1) is 5.92 Å². The molecule has 0 aliphatic carbocycles. The third-order valence-corrected chi connectivity index (χ3v) is 11.5. The monoisotopic (exact) mass is 529 g/mol. The first kappa shape index (κ1) is 26.3. The lowest BCUT2D eigenvalue weighted by atomic mass is 9.98. The molecule has 0 unspecified atom stereocenters. The number of piperidine rings is 1. The molecule has 2 heterocycles. The zero-order valence-electron chi connectivity index (χ0n) is 21.1. The Morgan fingerprint density at radius 1 is 1.03 bits per heavy atom. The van der Waals surface area contributed by atoms with E-state index in [9.17, 15) is 14.4 Å². The van der Waals surface area contributed by atoms with Crippen molar-refractivity contribution >= 4 is 52.7 Å². The minimum atomic E-state index is -2.73. The van der Waals surface area contributed by atoms with Crippen LogP contribution in [0.25, 0.3) is 0 Å². The number of ether oxygens (including phenoxy) is 2. The standard InChI is InChI=1S/C26H32N3O5PS/c1-5-33-25(31)18-7-9-20(10-8-18)29-24(30)22-17-21(27(3)4)11-12-23(22)35(29,36)28-15-13-19(14-16-28)26(32)34-6-2/h7-12,17,19H,5-6,13-16H2,1-4H3/t35-/m1/s1. The number of hydrogen-bond acceptors (Lipinski definition) is 7. The summed E-state index contributed by atoms with van der Waals surface area (Å²) in [7, 11) is 3.87. The highest BCUT2D eigenvalue weighted by molar-refractivity contribution is 8.18. The molecular weight excluding hydrogens is 497 g/mol. The number of amides is 1. The molecule has 0 saturated carbocycles. The van der Waals surface area contributed by atoms with Gasteiger partial charge in [0.1, 0.15) is 6.34 Å². The molecule has 0 bridgehead atoms. The second-order valence-corrected chi connectivity index (χ2v) is 13.1. The first-order valence-electron chi connectivity index (χ1n) is 12.2. The van der Waals surface area contributed by atoms with Crippen LogP contribution < -0.4 is 14.9 Å². The zero-order chi connectivity index (χ0) is 26.0. The SMILES string of the molecule is CCOC(=O)c1ccc(N2C(=O)c3cc(N(C)C)ccc3[P@@]2(=S)N2CCC(C(=O)OCC)CC2)cc1. The zero-order valence-corrected chi connectivity index (χ0v) is 22.8. The second-order valence-electron chi connectivity index (χ2n) is 9.00. The summed E-state index contributed by atoms with van der Waals surface area (Å²) in [5, 5.41) is 0.858. The van der Waals surface area contributed by atoms with Gasteiger partial charge in [-0.3, -0.25) is 18.9 Å². The van der Waals surface area contributed by atoms with Crippen LogP contribution in [0.3, 0.4) is 0 Å². The van der Waals surface area contributed by atoms with E-state index in [-0.39, 0.29) is 24.4 Å². The molecule has 0 spiro atoms. The molecule has 2 aliphatic heterocycles. The normalized spacial score (nSPS) is 20.2. The number of fused-ring (bicyclic) bond motifs is 1. The van der Waals surface area contributed by atoms with E-state index in [2.05, 4.69) is 4.67 Å². The van der Waals surface area contributed by atoms with E-state index in [1.807, 2.05) is 44.1 Å². The van der Waals surface area contributed by atoms with Gasteiger partial charge in [0.2, 0.25) is 0 Å². The quantitative estimate of drug-likeness (QED) is 0.396. The topological polar surface area (TPSA) is 79.4 Å². The number of rotatable bonds is 7. The Labute approximate surface area is 217 Å². The molecule has 2 aromatic rings. The lowest BCUT2D eigenvalue weighted by molar-refractivity contribution is -0.149. The summed E-state index contributed by atoms with van der Waals surface area (Å²) in [6.45, 7) is 5.42. The number of benzene rings is 2. The summed E-state index contributed by atoms with van der Waals surface area (Å²) in [6.07, 6.45) is -1.47. The Morgan fingerprint density at radius 2 is 1.67 bits per heavy atom. The fourth-order valence-corrected chi connectivity index (χ4v) is 9.27. The van der Waals surface area contributed by atoms with Crippen LogP contribution in [0.4, 0.5) is 11.4 Å². The molecule has 1 saturated heterocycles. The van der Waals surface area contributed by atoms with Gasteiger partial charge in [0, 0.05) is 38.2 Å². The fraction of sp³-hybridized carbons (Fsp3) is 0.423. The lowest BCUT2D eigenvalue weighted by Gasteiger charge is -2.42. The van der Waals surface area contributed by atoms with Gasteiger partial charge in [-0.2, -0.15) is 0 Å². The van der Waals surface area contributed by atoms with Gasteiger partial charge < -0.3 is 14.4 Å². The fourth-order valence-electron chi connectivity index (χ4n) is 4.71. The van der Waals surface area contributed by atoms with Crippen molar-refractivity contribution in [3.8, 4) is 0 Å². The van der Waals surface area contributed by atoms with Crippen molar-refractivity contribution in [3.63, 3.8) is 0 Å². The molecule has 2 aliphatic rings. The molecule has 0 radical (unpaired) electrons. The van der Waals surface area contributed by atoms with Crippen LogP contribution in [-0.4, -0.2) is 62.9 Å². The van der Waals surface area contributed by atoms with Gasteiger partial charge in [-0.05, 0) is 69.2 Å². The number of esters is 2. The molecule has 1 fully saturated rings. The average molecular weight is 530 g/mol. The van der Waals surface area contributed by atoms with Crippen LogP contribution in [0.2, 0.25) is 0 Å². The van der Waals surface area contributed by atoms with E-state index < -0.39 is 12.3 Å². The number of hydrogen-bond donors (Lipinski definition) is 0. The second kappa shape index (κ2) is 10.7. The number of nitrogens with zero attached hydrogens (tertiary/aromatic N) is 3. The van der Waals surface area contributed by atoms with E-state index >= 15 is 0 Å². The first-order valence-corrected chi connectivity index (χ1v) is 14.9. The molecule has 10 heteroatoms. The van der Waals surface area contributed by atoms with E-state index in [4.69, 9.17) is 21.3 Å². The Balaban J connectivity index is 1.73. The van der Waals surface area contributed by atoms with Gasteiger partial charge >= 0.3 is 11.9 Å². The maximum Gasteiger partial charge on any atom is 0.338 e. The summed E-state index contributed by atoms with van der Waals surface area (Å²) in [4.78, 5) is 40.3. The minimum Gasteiger partial charge on any atom is -0.466 e. The maximum atomic E-state index is 13.9. The van der Waals surface area contributed by atoms with Crippen LogP contribution in [0.15, 0.2) is 42.5 Å². The molecule has 2 aromatic carbocycles. The molecule has 8 nitrogen and oxygen atoms in total. The van der Waals surface area contributed by atoms with Crippen LogP contribution >= 0.6 is 6.34 Å². The molecule has 36 heavy (non-hydrogen) atoms. The van der Waals surface area contributed by atoms with Crippen molar-refractivity contribution in [2.75, 3.05) is 50.0 Å². The summed E-state index contributed by atoms with van der Waals surface area (Å²) in [5.41, 5.74) is 2.59. The highest BCUT2D eigenvalue weighted by Gasteiger charge is 2.48. The summed E-state index contributed by atoms with van der Waals surface area (Å²) in [5.74, 6) is -0.877. The molecule has 4 rings (SSSR count). The number of carbonyl (C=O) groups excluding carboxylic acids is 3. The lowest BCUT2D eigenvalue weighted by Crippen LogP contribution is -2.40. The highest BCUT2D eigenvalue weighted by atomic mass is 32.4. The first-order chi connectivity index (χ1) is 17.2. The van der Waals surface area contributed by atoms with E-state index in [1.165, 1.54) is 0 Å². The van der Waals surface area contributed by atoms with Gasteiger partial charge in [0.15, 0.2) is 0 Å². The summed E-state index contributed by atoms with van der Waals surface area (Å²) < 4.78 is 14.3. The number of anilines is 2. The Hall–Kier alpha value is -2.74. The predicted octanol–water partition coefficient (Wildman–Crippen LogP) is 3.80. The van der Waals surface area contributed by atoms with E-state index in [0.29, 0.717) is 49.4 Å². The summed E-state index contributed by atoms with van der Waals surface area (Å²) >= 11 is 6.43. The molecule has 0 aromatic heterocycles. The van der Waals surface area contributed by atoms with Gasteiger partial charge in [0.25, 0.3) is 5.91 Å². The largest absolute Gasteiger partial charge is 0.466 e. The minimum absolute atomic E-state index is 0.145. The molecular formula is C26H32N3O5PS. The van der Waals surface area contributed by atoms with E-state index in [0.717, 1.165) is 11.0 Å². The van der Waals surface area contributed by atoms with Crippen LogP contribution in [0.1, 0.15) is 47.4 Å². The van der Waals surface area contributed by atoms with Gasteiger partial charge in [-0.25, -0.2) is 4.79 Å². The smallest absolute Gasteiger partial charge is 0.338 e. The van der Waals surface area contributed by atoms with Crippen molar-refractivity contribution in [2.45, 2.75) is 26.7 Å². The van der Waals surface area contributed by atoms with Crippen molar-refractivity contribution in [1.29, 1.82) is 0 Å². The molecule has 1 atom stereocenters. The Bertz CT molecular complexity index is 1210. The highest BCUT2D eigenvalue weighted by Crippen LogP contribution is 2.60. The van der Waals surface area contributed by atoms with Crippen LogP contribution in [0.5, 0.6) is 0 Å². The number of carbonyl (C=O) groups is 3. The van der Waals surface area contributed by atoms with Crippen molar-refractivity contribution in [1.82, 2.24) is 4.67 Å². The Kier molecular flexibility index (Phi) is 7.83. The van der Waals surface area contributed by atoms with Gasteiger partial charge in [-0.1, -0.05) is 11.8 Å².